The number of nitrogens with one attached hydrogen (secondary N) is 4. The van der Waals surface area contributed by atoms with Crippen LogP contribution in [0.5, 0.6) is 0 Å². The third-order valence-corrected chi connectivity index (χ3v) is 7.58. The average molecular weight is 573 g/mol. The molecule has 0 aromatic carbocycles. The minimum Gasteiger partial charge on any atom is -0.379 e. The van der Waals surface area contributed by atoms with Crippen LogP contribution < -0.4 is 27.0 Å². The highest BCUT2D eigenvalue weighted by Crippen LogP contribution is 2.30. The summed E-state index contributed by atoms with van der Waals surface area (Å²) >= 11 is 0. The van der Waals surface area contributed by atoms with Gasteiger partial charge in [-0.15, -0.1) is 5.10 Å². The molecule has 2 amide bonds. The second-order valence-electron chi connectivity index (χ2n) is 10.9. The van der Waals surface area contributed by atoms with E-state index in [4.69, 9.17) is 5.73 Å². The highest BCUT2D eigenvalue weighted by Gasteiger charge is 2.27. The minimum absolute atomic E-state index is 0.0251. The molecule has 2 saturated carbocycles. The highest BCUT2D eigenvalue weighted by molar-refractivity contribution is 6.03. The van der Waals surface area contributed by atoms with E-state index in [1.54, 1.807) is 6.20 Å². The molecule has 4 aromatic rings. The first kappa shape index (κ1) is 27.5. The normalized spacial score (nSPS) is 19.2. The number of nitrogens with zero attached hydrogens (tertiary/aromatic N) is 5. The van der Waals surface area contributed by atoms with Gasteiger partial charge < -0.3 is 27.0 Å². The Bertz CT molecular complexity index is 1570. The number of pyridine rings is 2. The van der Waals surface area contributed by atoms with E-state index in [0.717, 1.165) is 56.1 Å². The number of rotatable bonds is 10. The molecule has 0 saturated heterocycles. The van der Waals surface area contributed by atoms with Crippen LogP contribution in [0.1, 0.15) is 54.7 Å². The Balaban J connectivity index is 1.11. The van der Waals surface area contributed by atoms with Gasteiger partial charge in [0, 0.05) is 48.7 Å². The number of hydrogen-bond acceptors (Lipinski definition) is 9. The second-order valence-corrected chi connectivity index (χ2v) is 10.9. The van der Waals surface area contributed by atoms with Gasteiger partial charge in [-0.2, -0.15) is 0 Å². The smallest absolute Gasteiger partial charge is 0.276 e. The molecule has 218 valence electrons. The van der Waals surface area contributed by atoms with E-state index < -0.39 is 17.8 Å². The van der Waals surface area contributed by atoms with Crippen molar-refractivity contribution in [1.29, 1.82) is 0 Å². The van der Waals surface area contributed by atoms with E-state index in [1.807, 2.05) is 24.3 Å². The number of nitrogens with two attached hydrogens (primary N) is 1. The molecular weight excluding hydrogens is 539 g/mol. The first-order valence-electron chi connectivity index (χ1n) is 14.2. The van der Waals surface area contributed by atoms with Crippen LogP contribution in [0.25, 0.3) is 5.65 Å². The summed E-state index contributed by atoms with van der Waals surface area (Å²) in [4.78, 5) is 38.2. The summed E-state index contributed by atoms with van der Waals surface area (Å²) in [6.07, 6.45) is 11.3. The van der Waals surface area contributed by atoms with Gasteiger partial charge in [0.05, 0.1) is 29.8 Å². The Kier molecular flexibility index (Phi) is 7.91. The van der Waals surface area contributed by atoms with Gasteiger partial charge in [-0.1, -0.05) is 6.07 Å². The number of aromatic nitrogens is 5. The van der Waals surface area contributed by atoms with Gasteiger partial charge in [0.15, 0.2) is 17.2 Å². The van der Waals surface area contributed by atoms with E-state index in [0.29, 0.717) is 23.9 Å². The van der Waals surface area contributed by atoms with E-state index in [1.165, 1.54) is 23.0 Å². The predicted molar refractivity (Wildman–Crippen MR) is 156 cm³/mol. The zero-order valence-corrected chi connectivity index (χ0v) is 23.0. The maximum absolute atomic E-state index is 14.1. The summed E-state index contributed by atoms with van der Waals surface area (Å²) in [6.45, 7) is 0. The number of imidazole rings is 1. The highest BCUT2D eigenvalue weighted by atomic mass is 19.1. The molecule has 2 fully saturated rings. The lowest BCUT2D eigenvalue weighted by Gasteiger charge is -2.30. The number of carbonyl (C=O) groups excluding carboxylic acids is 2. The summed E-state index contributed by atoms with van der Waals surface area (Å²) in [5, 5.41) is 17.3. The van der Waals surface area contributed by atoms with Crippen LogP contribution in [0, 0.1) is 5.82 Å². The largest absolute Gasteiger partial charge is 0.379 e. The SMILES string of the molecule is N[C@H](Cc1ccccn1)C(=O)N[C@H]1CC[C@H](Nc2cc(NC3CC3)c3ncc(C(=O)Nc4ccncc4F)n3n2)CC1. The fourth-order valence-corrected chi connectivity index (χ4v) is 5.15. The fraction of sp³-hybridized carbons (Fsp3) is 0.379. The Labute approximate surface area is 241 Å². The summed E-state index contributed by atoms with van der Waals surface area (Å²) in [7, 11) is 0. The molecule has 12 nitrogen and oxygen atoms in total. The summed E-state index contributed by atoms with van der Waals surface area (Å²) in [5.41, 5.74) is 8.41. The number of fused-ring (bicyclic) bond motifs is 1. The van der Waals surface area contributed by atoms with E-state index in [2.05, 4.69) is 41.3 Å². The van der Waals surface area contributed by atoms with Crippen molar-refractivity contribution in [3.63, 3.8) is 0 Å². The molecule has 6 N–H and O–H groups in total. The molecule has 1 atom stereocenters. The van der Waals surface area contributed by atoms with Crippen molar-refractivity contribution in [2.75, 3.05) is 16.0 Å². The maximum Gasteiger partial charge on any atom is 0.276 e. The van der Waals surface area contributed by atoms with Gasteiger partial charge in [-0.25, -0.2) is 13.9 Å². The summed E-state index contributed by atoms with van der Waals surface area (Å²) in [6, 6.07) is 8.76. The molecule has 42 heavy (non-hydrogen) atoms. The molecule has 2 aliphatic carbocycles. The number of amides is 2. The van der Waals surface area contributed by atoms with Gasteiger partial charge in [-0.05, 0) is 56.7 Å². The fourth-order valence-electron chi connectivity index (χ4n) is 5.15. The Hall–Kier alpha value is -4.65. The molecule has 0 unspecified atom stereocenters. The van der Waals surface area contributed by atoms with Gasteiger partial charge >= 0.3 is 0 Å². The number of halogens is 1. The molecule has 0 radical (unpaired) electrons. The molecule has 0 aliphatic heterocycles. The Morgan fingerprint density at radius 1 is 0.952 bits per heavy atom. The number of anilines is 3. The summed E-state index contributed by atoms with van der Waals surface area (Å²) < 4.78 is 15.6. The third kappa shape index (κ3) is 6.46. The van der Waals surface area contributed by atoms with Crippen molar-refractivity contribution in [2.24, 2.45) is 5.73 Å². The monoisotopic (exact) mass is 572 g/mol. The van der Waals surface area contributed by atoms with Crippen molar-refractivity contribution in [2.45, 2.75) is 69.1 Å². The minimum atomic E-state index is -0.652. The van der Waals surface area contributed by atoms with Crippen molar-refractivity contribution < 1.29 is 14.0 Å². The molecule has 0 bridgehead atoms. The van der Waals surface area contributed by atoms with Crippen LogP contribution in [0.3, 0.4) is 0 Å². The summed E-state index contributed by atoms with van der Waals surface area (Å²) in [5.74, 6) is -0.740. The van der Waals surface area contributed by atoms with Crippen molar-refractivity contribution in [3.8, 4) is 0 Å². The second kappa shape index (κ2) is 12.1. The molecule has 4 aromatic heterocycles. The van der Waals surface area contributed by atoms with Crippen LogP contribution in [0.15, 0.2) is 55.1 Å². The first-order valence-corrected chi connectivity index (χ1v) is 14.2. The average Bonchev–Trinajstić information content (AvgIpc) is 3.70. The lowest BCUT2D eigenvalue weighted by molar-refractivity contribution is -0.123. The molecule has 4 heterocycles. The lowest BCUT2D eigenvalue weighted by atomic mass is 9.91. The quantitative estimate of drug-likeness (QED) is 0.192. The van der Waals surface area contributed by atoms with Gasteiger partial charge in [0.2, 0.25) is 5.91 Å². The van der Waals surface area contributed by atoms with E-state index in [-0.39, 0.29) is 29.4 Å². The van der Waals surface area contributed by atoms with E-state index in [9.17, 15) is 14.0 Å². The van der Waals surface area contributed by atoms with E-state index >= 15 is 0 Å². The van der Waals surface area contributed by atoms with Crippen molar-refractivity contribution >= 4 is 34.7 Å². The Morgan fingerprint density at radius 2 is 1.71 bits per heavy atom. The maximum atomic E-state index is 14.1. The van der Waals surface area contributed by atoms with Crippen LogP contribution >= 0.6 is 0 Å². The predicted octanol–water partition coefficient (Wildman–Crippen LogP) is 2.89. The molecule has 13 heteroatoms. The molecule has 6 rings (SSSR count). The third-order valence-electron chi connectivity index (χ3n) is 7.58. The lowest BCUT2D eigenvalue weighted by Crippen LogP contribution is -2.48. The standard InChI is InChI=1S/C29H33FN10O2/c30-21-15-32-12-10-23(21)38-29(42)25-16-34-27-24(35-17-4-5-17)14-26(39-40(25)27)36-18-6-8-19(9-7-18)37-28(41)22(31)13-20-3-1-2-11-33-20/h1-3,10-12,14-19,22,35H,4-9,13,31H2,(H,36,39)(H,37,41)(H,32,38,42)/t18-,19-,22-/m1/s1. The van der Waals surface area contributed by atoms with Crippen molar-refractivity contribution in [1.82, 2.24) is 29.9 Å². The molecular formula is C29H33FN10O2. The van der Waals surface area contributed by atoms with Crippen LogP contribution in [0.2, 0.25) is 0 Å². The topological polar surface area (TPSA) is 164 Å². The first-order chi connectivity index (χ1) is 20.4. The molecule has 2 aliphatic rings. The van der Waals surface area contributed by atoms with Gasteiger partial charge in [0.25, 0.3) is 5.91 Å². The van der Waals surface area contributed by atoms with Crippen molar-refractivity contribution in [3.05, 3.63) is 72.3 Å². The molecule has 0 spiro atoms. The zero-order valence-electron chi connectivity index (χ0n) is 23.0. The number of hydrogen-bond donors (Lipinski definition) is 5. The van der Waals surface area contributed by atoms with Gasteiger partial charge in [-0.3, -0.25) is 19.6 Å². The van der Waals surface area contributed by atoms with Gasteiger partial charge in [0.1, 0.15) is 5.82 Å². The van der Waals surface area contributed by atoms with Crippen LogP contribution in [-0.2, 0) is 11.2 Å². The van der Waals surface area contributed by atoms with Crippen LogP contribution in [-0.4, -0.2) is 60.5 Å². The van der Waals surface area contributed by atoms with Crippen LogP contribution in [0.4, 0.5) is 21.6 Å². The Morgan fingerprint density at radius 3 is 2.45 bits per heavy atom. The zero-order chi connectivity index (χ0) is 29.1. The number of carbonyl (C=O) groups is 2.